The van der Waals surface area contributed by atoms with E-state index in [4.69, 9.17) is 11.6 Å². The summed E-state index contributed by atoms with van der Waals surface area (Å²) in [7, 11) is -3.80. The van der Waals surface area contributed by atoms with E-state index in [1.165, 1.54) is 40.8 Å². The minimum absolute atomic E-state index is 0.137. The number of amides is 1. The summed E-state index contributed by atoms with van der Waals surface area (Å²) >= 11 is 6.33. The fourth-order valence-corrected chi connectivity index (χ4v) is 5.57. The van der Waals surface area contributed by atoms with Crippen LogP contribution in [0.25, 0.3) is 10.8 Å². The van der Waals surface area contributed by atoms with Gasteiger partial charge in [-0.3, -0.25) is 9.52 Å². The zero-order valence-corrected chi connectivity index (χ0v) is 19.4. The Morgan fingerprint density at radius 1 is 0.879 bits per heavy atom. The number of sulfonamides is 1. The molecule has 5 rings (SSSR count). The summed E-state index contributed by atoms with van der Waals surface area (Å²) in [5, 5.41) is 5.35. The summed E-state index contributed by atoms with van der Waals surface area (Å²) in [5.41, 5.74) is 4.84. The molecule has 4 aromatic rings. The summed E-state index contributed by atoms with van der Waals surface area (Å²) in [6.45, 7) is 1.88. The molecule has 166 valence electrons. The molecule has 1 aliphatic carbocycles. The predicted octanol–water partition coefficient (Wildman–Crippen LogP) is 5.95. The maximum Gasteiger partial charge on any atom is 0.261 e. The molecule has 0 atom stereocenters. The minimum atomic E-state index is -3.80. The number of carbonyl (C=O) groups excluding carboxylic acids is 1. The highest BCUT2D eigenvalue weighted by molar-refractivity contribution is 7.92. The Morgan fingerprint density at radius 3 is 2.30 bits per heavy atom. The van der Waals surface area contributed by atoms with Crippen molar-refractivity contribution in [2.24, 2.45) is 0 Å². The lowest BCUT2D eigenvalue weighted by Gasteiger charge is -2.13. The molecule has 5 nitrogen and oxygen atoms in total. The third kappa shape index (κ3) is 4.08. The van der Waals surface area contributed by atoms with Crippen LogP contribution in [-0.4, -0.2) is 14.3 Å². The van der Waals surface area contributed by atoms with Crippen LogP contribution in [0.4, 0.5) is 11.4 Å². The van der Waals surface area contributed by atoms with Gasteiger partial charge in [0.15, 0.2) is 0 Å². The number of hydrogen-bond acceptors (Lipinski definition) is 3. The van der Waals surface area contributed by atoms with Crippen molar-refractivity contribution in [3.05, 3.63) is 100 Å². The largest absolute Gasteiger partial charge is 0.321 e. The summed E-state index contributed by atoms with van der Waals surface area (Å²) in [6, 6.07) is 21.2. The maximum atomic E-state index is 12.9. The van der Waals surface area contributed by atoms with Gasteiger partial charge in [-0.05, 0) is 72.7 Å². The number of aryl methyl sites for hydroxylation is 3. The van der Waals surface area contributed by atoms with Crippen LogP contribution in [0.3, 0.4) is 0 Å². The topological polar surface area (TPSA) is 75.3 Å². The molecule has 0 bridgehead atoms. The van der Waals surface area contributed by atoms with Crippen molar-refractivity contribution in [1.29, 1.82) is 0 Å². The average molecular weight is 477 g/mol. The zero-order valence-electron chi connectivity index (χ0n) is 17.9. The van der Waals surface area contributed by atoms with Gasteiger partial charge in [0.05, 0.1) is 15.6 Å². The standard InChI is InChI=1S/C26H21ClN2O3S/c1-16-5-11-20(12-6-16)33(31,32)29-24-14-10-19(15-22(24)27)26(30)28-23-13-9-18-8-7-17-3-2-4-21(23)25(17)18/h2-6,9-15,29H,7-8H2,1H3,(H,28,30). The second-order valence-electron chi connectivity index (χ2n) is 8.18. The number of anilines is 2. The molecule has 0 radical (unpaired) electrons. The van der Waals surface area contributed by atoms with Crippen LogP contribution >= 0.6 is 11.6 Å². The number of rotatable bonds is 5. The molecule has 7 heteroatoms. The van der Waals surface area contributed by atoms with Crippen LogP contribution in [0.1, 0.15) is 27.0 Å². The molecule has 2 N–H and O–H groups in total. The highest BCUT2D eigenvalue weighted by atomic mass is 35.5. The van der Waals surface area contributed by atoms with Crippen molar-refractivity contribution < 1.29 is 13.2 Å². The van der Waals surface area contributed by atoms with Crippen LogP contribution in [-0.2, 0) is 22.9 Å². The van der Waals surface area contributed by atoms with Gasteiger partial charge in [-0.2, -0.15) is 0 Å². The first-order valence-electron chi connectivity index (χ1n) is 10.6. The van der Waals surface area contributed by atoms with Gasteiger partial charge >= 0.3 is 0 Å². The van der Waals surface area contributed by atoms with E-state index in [0.29, 0.717) is 5.56 Å². The molecular formula is C26H21ClN2O3S. The van der Waals surface area contributed by atoms with E-state index in [2.05, 4.69) is 22.2 Å². The first kappa shape index (κ1) is 21.5. The Kier molecular flexibility index (Phi) is 5.35. The van der Waals surface area contributed by atoms with Gasteiger partial charge in [-0.25, -0.2) is 8.42 Å². The van der Waals surface area contributed by atoms with Gasteiger partial charge in [0.2, 0.25) is 0 Å². The van der Waals surface area contributed by atoms with Gasteiger partial charge in [0, 0.05) is 16.6 Å². The first-order valence-corrected chi connectivity index (χ1v) is 12.4. The van der Waals surface area contributed by atoms with E-state index in [1.807, 2.05) is 25.1 Å². The number of nitrogens with one attached hydrogen (secondary N) is 2. The number of halogens is 1. The predicted molar refractivity (Wildman–Crippen MR) is 133 cm³/mol. The van der Waals surface area contributed by atoms with Gasteiger partial charge in [-0.1, -0.05) is 53.6 Å². The number of hydrogen-bond donors (Lipinski definition) is 2. The fourth-order valence-electron chi connectivity index (χ4n) is 4.21. The van der Waals surface area contributed by atoms with Crippen molar-refractivity contribution in [2.45, 2.75) is 24.7 Å². The molecular weight excluding hydrogens is 456 g/mol. The molecule has 1 aliphatic rings. The Labute approximate surface area is 197 Å². The molecule has 0 saturated carbocycles. The summed E-state index contributed by atoms with van der Waals surface area (Å²) in [6.07, 6.45) is 2.03. The lowest BCUT2D eigenvalue weighted by Crippen LogP contribution is -2.15. The van der Waals surface area contributed by atoms with E-state index < -0.39 is 10.0 Å². The minimum Gasteiger partial charge on any atom is -0.321 e. The van der Waals surface area contributed by atoms with Crippen molar-refractivity contribution in [3.8, 4) is 0 Å². The summed E-state index contributed by atoms with van der Waals surface area (Å²) in [4.78, 5) is 13.1. The van der Waals surface area contributed by atoms with Gasteiger partial charge in [-0.15, -0.1) is 0 Å². The molecule has 0 saturated heterocycles. The molecule has 33 heavy (non-hydrogen) atoms. The van der Waals surface area contributed by atoms with Gasteiger partial charge in [0.1, 0.15) is 0 Å². The average Bonchev–Trinajstić information content (AvgIpc) is 3.22. The van der Waals surface area contributed by atoms with Crippen LogP contribution in [0.5, 0.6) is 0 Å². The molecule has 0 aliphatic heterocycles. The Bertz CT molecular complexity index is 1500. The lowest BCUT2D eigenvalue weighted by atomic mass is 10.0. The quantitative estimate of drug-likeness (QED) is 0.373. The summed E-state index contributed by atoms with van der Waals surface area (Å²) in [5.74, 6) is -0.316. The van der Waals surface area contributed by atoms with Crippen molar-refractivity contribution in [2.75, 3.05) is 10.0 Å². The molecule has 4 aromatic carbocycles. The van der Waals surface area contributed by atoms with Crippen molar-refractivity contribution >= 4 is 49.7 Å². The van der Waals surface area contributed by atoms with Crippen molar-refractivity contribution in [1.82, 2.24) is 0 Å². The van der Waals surface area contributed by atoms with E-state index in [9.17, 15) is 13.2 Å². The lowest BCUT2D eigenvalue weighted by molar-refractivity contribution is 0.102. The molecule has 0 spiro atoms. The molecule has 0 aromatic heterocycles. The first-order chi connectivity index (χ1) is 15.8. The molecule has 0 fully saturated rings. The maximum absolute atomic E-state index is 12.9. The second-order valence-corrected chi connectivity index (χ2v) is 10.3. The smallest absolute Gasteiger partial charge is 0.261 e. The Morgan fingerprint density at radius 2 is 1.58 bits per heavy atom. The Balaban J connectivity index is 1.38. The third-order valence-electron chi connectivity index (χ3n) is 5.93. The van der Waals surface area contributed by atoms with Crippen LogP contribution in [0.15, 0.2) is 77.7 Å². The number of carbonyl (C=O) groups is 1. The van der Waals surface area contributed by atoms with Crippen LogP contribution in [0.2, 0.25) is 5.02 Å². The molecule has 1 amide bonds. The second kappa shape index (κ2) is 8.21. The molecule has 0 heterocycles. The van der Waals surface area contributed by atoms with E-state index in [0.717, 1.165) is 29.5 Å². The molecule has 0 unspecified atom stereocenters. The van der Waals surface area contributed by atoms with E-state index in [-0.39, 0.29) is 21.5 Å². The highest BCUT2D eigenvalue weighted by Crippen LogP contribution is 2.35. The van der Waals surface area contributed by atoms with E-state index >= 15 is 0 Å². The van der Waals surface area contributed by atoms with Gasteiger partial charge in [0.25, 0.3) is 15.9 Å². The zero-order chi connectivity index (χ0) is 23.2. The SMILES string of the molecule is Cc1ccc(S(=O)(=O)Nc2ccc(C(=O)Nc3ccc4c5c(cccc35)CC4)cc2Cl)cc1. The number of benzene rings is 4. The van der Waals surface area contributed by atoms with Crippen LogP contribution < -0.4 is 10.0 Å². The normalized spacial score (nSPS) is 12.7. The summed E-state index contributed by atoms with van der Waals surface area (Å²) < 4.78 is 27.8. The van der Waals surface area contributed by atoms with E-state index in [1.54, 1.807) is 18.2 Å². The van der Waals surface area contributed by atoms with Crippen molar-refractivity contribution in [3.63, 3.8) is 0 Å². The highest BCUT2D eigenvalue weighted by Gasteiger charge is 2.19. The fraction of sp³-hybridized carbons (Fsp3) is 0.115. The monoisotopic (exact) mass is 476 g/mol. The van der Waals surface area contributed by atoms with Crippen LogP contribution in [0, 0.1) is 6.92 Å². The third-order valence-corrected chi connectivity index (χ3v) is 7.63. The van der Waals surface area contributed by atoms with Gasteiger partial charge < -0.3 is 5.32 Å². The Hall–Kier alpha value is -3.35.